The molecule has 121 heavy (non-hydrogen) atoms. The second-order valence-electron chi connectivity index (χ2n) is 40.2. The Hall–Kier alpha value is -7.36. The van der Waals surface area contributed by atoms with Crippen molar-refractivity contribution in [2.75, 3.05) is 0 Å². The summed E-state index contributed by atoms with van der Waals surface area (Å²) >= 11 is 0. The van der Waals surface area contributed by atoms with Gasteiger partial charge in [0.2, 0.25) is 0 Å². The van der Waals surface area contributed by atoms with Gasteiger partial charge in [-0.25, -0.2) is 79.7 Å². The number of aryl methyl sites for hydroxylation is 8. The van der Waals surface area contributed by atoms with Crippen molar-refractivity contribution in [2.45, 2.75) is 383 Å². The van der Waals surface area contributed by atoms with Crippen molar-refractivity contribution < 1.29 is 0 Å². The van der Waals surface area contributed by atoms with Gasteiger partial charge in [0.05, 0.1) is 0 Å². The normalized spacial score (nSPS) is 11.2. The number of hydrogen-bond donors (Lipinski definition) is 0. The lowest BCUT2D eigenvalue weighted by atomic mass is 9.98. The molecule has 0 saturated heterocycles. The fraction of sp³-hybridized carbons (Fsp3) is 0.695. The number of nitrogens with zero attached hydrogens (tertiary/aromatic N) is 16. The zero-order chi connectivity index (χ0) is 90.1. The van der Waals surface area contributed by atoms with Crippen molar-refractivity contribution >= 4 is 0 Å². The molecule has 0 spiro atoms. The summed E-state index contributed by atoms with van der Waals surface area (Å²) in [6.45, 7) is 71.3. The van der Waals surface area contributed by atoms with Crippen molar-refractivity contribution in [2.24, 2.45) is 94.7 Å². The Balaban J connectivity index is 0.00000136. The van der Waals surface area contributed by atoms with Gasteiger partial charge in [-0.3, -0.25) is 0 Å². The van der Waals surface area contributed by atoms with Crippen LogP contribution in [0.2, 0.25) is 0 Å². The standard InChI is InChI=1S/4C14H24N2.4C12H20N2.CH4/c1-11(2)5-7-13-9-15-10-16-14(13)8-6-12(3)4;1-11(2)5-7-13-9-14(16-10-15-13)8-6-12(3)4;1-11(2)5-7-13-9-15-14(16-10-13)8-6-12(3)4;1-11(2)5-7-13-9-10-15-14(16-13)8-6-12(3)4;1-9(2)5-11-7-13-8-14-12(11)6-10(3)4;1-9(2)5-11-7-12(6-10(3)4)14-8-13-11;1-9(2)5-11-7-13-12(14-8-11)6-10(3)4;1-9(2)7-11-5-6-13-12(14-11)8-10(3)4;/h4*9-12H,5-8H2,1-4H3;3*7-10H,5-6H2,1-4H3;5-6,9-10H,7-8H2,1-4H3;1H4. The molecule has 16 nitrogen and oxygen atoms in total. The van der Waals surface area contributed by atoms with Gasteiger partial charge in [0.25, 0.3) is 0 Å². The Kier molecular flexibility index (Phi) is 63.0. The predicted molar refractivity (Wildman–Crippen MR) is 517 cm³/mol. The van der Waals surface area contributed by atoms with E-state index in [1.165, 1.54) is 119 Å². The summed E-state index contributed by atoms with van der Waals surface area (Å²) in [6, 6.07) is 8.37. The Morgan fingerprint density at radius 3 is 0.992 bits per heavy atom. The molecule has 8 aromatic rings. The third-order valence-electron chi connectivity index (χ3n) is 19.1. The van der Waals surface area contributed by atoms with Gasteiger partial charge in [0.15, 0.2) is 0 Å². The molecule has 0 fully saturated rings. The lowest BCUT2D eigenvalue weighted by Crippen LogP contribution is -2.05. The van der Waals surface area contributed by atoms with E-state index in [0.717, 1.165) is 173 Å². The van der Waals surface area contributed by atoms with Crippen LogP contribution in [0.3, 0.4) is 0 Å². The smallest absolute Gasteiger partial charge is 0.128 e. The topological polar surface area (TPSA) is 206 Å². The van der Waals surface area contributed by atoms with Crippen molar-refractivity contribution in [3.8, 4) is 0 Å². The number of hydrogen-bond acceptors (Lipinski definition) is 16. The van der Waals surface area contributed by atoms with Crippen LogP contribution in [-0.4, -0.2) is 79.7 Å². The van der Waals surface area contributed by atoms with E-state index in [2.05, 4.69) is 313 Å². The number of rotatable bonds is 40. The fourth-order valence-electron chi connectivity index (χ4n) is 12.3. The minimum absolute atomic E-state index is 0. The fourth-order valence-corrected chi connectivity index (χ4v) is 12.3. The average Bonchev–Trinajstić information content (AvgIpc) is 0.885. The molecule has 0 aliphatic heterocycles. The quantitative estimate of drug-likeness (QED) is 0.0350. The second kappa shape index (κ2) is 67.1. The van der Waals surface area contributed by atoms with E-state index in [0.29, 0.717) is 47.3 Å². The highest BCUT2D eigenvalue weighted by molar-refractivity contribution is 5.18. The first-order valence-corrected chi connectivity index (χ1v) is 47.0. The first-order chi connectivity index (χ1) is 56.6. The Morgan fingerprint density at radius 2 is 0.537 bits per heavy atom. The van der Waals surface area contributed by atoms with Gasteiger partial charge in [0.1, 0.15) is 48.6 Å². The van der Waals surface area contributed by atoms with Crippen molar-refractivity contribution in [3.63, 3.8) is 0 Å². The van der Waals surface area contributed by atoms with E-state index in [9.17, 15) is 0 Å². The molecule has 680 valence electrons. The van der Waals surface area contributed by atoms with Gasteiger partial charge in [0, 0.05) is 121 Å². The van der Waals surface area contributed by atoms with Crippen LogP contribution in [0.1, 0.15) is 371 Å². The molecule has 8 aromatic heterocycles. The highest BCUT2D eigenvalue weighted by Crippen LogP contribution is 2.20. The molecule has 0 aliphatic rings. The molecule has 0 N–H and O–H groups in total. The van der Waals surface area contributed by atoms with Crippen LogP contribution in [-0.2, 0) is 103 Å². The first-order valence-electron chi connectivity index (χ1n) is 47.0. The van der Waals surface area contributed by atoms with Gasteiger partial charge in [-0.05, 0) is 270 Å². The van der Waals surface area contributed by atoms with Crippen molar-refractivity contribution in [1.29, 1.82) is 0 Å². The molecule has 8 rings (SSSR count). The highest BCUT2D eigenvalue weighted by Gasteiger charge is 2.13. The molecular formula is C105H180N16. The van der Waals surface area contributed by atoms with Gasteiger partial charge in [-0.1, -0.05) is 229 Å². The summed E-state index contributed by atoms with van der Waals surface area (Å²) in [5, 5.41) is 0. The molecule has 0 atom stereocenters. The van der Waals surface area contributed by atoms with Gasteiger partial charge >= 0.3 is 0 Å². The molecule has 0 bridgehead atoms. The average molecular weight is 1670 g/mol. The monoisotopic (exact) mass is 1670 g/mol. The summed E-state index contributed by atoms with van der Waals surface area (Å²) in [6.07, 6.45) is 48.9. The Morgan fingerprint density at radius 1 is 0.207 bits per heavy atom. The predicted octanol–water partition coefficient (Wildman–Crippen LogP) is 26.7. The lowest BCUT2D eigenvalue weighted by molar-refractivity contribution is 0.564. The van der Waals surface area contributed by atoms with E-state index in [4.69, 9.17) is 0 Å². The SMILES string of the molecule is C.CC(C)CCc1cc(CCC(C)C)ncn1.CC(C)CCc1ccnc(CCC(C)C)n1.CC(C)CCc1cnc(CCC(C)C)nc1.CC(C)CCc1cncnc1CCC(C)C.CC(C)Cc1cc(CC(C)C)ncn1.CC(C)Cc1ccnc(CC(C)C)n1.CC(C)Cc1cnc(CC(C)C)nc1.CC(C)Cc1cncnc1CC(C)C. The molecule has 0 radical (unpaired) electrons. The summed E-state index contributed by atoms with van der Waals surface area (Å²) < 4.78 is 0. The first kappa shape index (κ1) is 114. The van der Waals surface area contributed by atoms with Crippen LogP contribution in [0.25, 0.3) is 0 Å². The molecule has 0 aliphatic carbocycles. The zero-order valence-electron chi connectivity index (χ0n) is 82.6. The van der Waals surface area contributed by atoms with E-state index < -0.39 is 0 Å². The van der Waals surface area contributed by atoms with Crippen LogP contribution < -0.4 is 0 Å². The summed E-state index contributed by atoms with van der Waals surface area (Å²) in [4.78, 5) is 69.5. The molecule has 0 amide bonds. The Bertz CT molecular complexity index is 3430. The highest BCUT2D eigenvalue weighted by atomic mass is 14.9. The van der Waals surface area contributed by atoms with Gasteiger partial charge in [-0.2, -0.15) is 0 Å². The summed E-state index contributed by atoms with van der Waals surface area (Å²) in [5.41, 5.74) is 14.8. The molecule has 0 saturated carbocycles. The van der Waals surface area contributed by atoms with Crippen molar-refractivity contribution in [3.05, 3.63) is 190 Å². The Labute approximate surface area is 743 Å². The van der Waals surface area contributed by atoms with Crippen LogP contribution in [0.4, 0.5) is 0 Å². The number of aromatic nitrogens is 16. The van der Waals surface area contributed by atoms with Crippen LogP contribution in [0, 0.1) is 94.7 Å². The zero-order valence-corrected chi connectivity index (χ0v) is 82.6. The van der Waals surface area contributed by atoms with Crippen LogP contribution in [0.15, 0.2) is 99.1 Å². The molecule has 0 unspecified atom stereocenters. The summed E-state index contributed by atoms with van der Waals surface area (Å²) in [7, 11) is 0. The van der Waals surface area contributed by atoms with Crippen LogP contribution in [0.5, 0.6) is 0 Å². The van der Waals surface area contributed by atoms with Crippen LogP contribution >= 0.6 is 0 Å². The van der Waals surface area contributed by atoms with Gasteiger partial charge < -0.3 is 0 Å². The van der Waals surface area contributed by atoms with Gasteiger partial charge in [-0.15, -0.1) is 0 Å². The molecule has 0 aromatic carbocycles. The molecule has 8 heterocycles. The maximum absolute atomic E-state index is 4.61. The van der Waals surface area contributed by atoms with Crippen molar-refractivity contribution in [1.82, 2.24) is 79.7 Å². The largest absolute Gasteiger partial charge is 0.245 e. The minimum Gasteiger partial charge on any atom is -0.245 e. The third-order valence-corrected chi connectivity index (χ3v) is 19.1. The van der Waals surface area contributed by atoms with E-state index in [1.54, 1.807) is 25.3 Å². The maximum Gasteiger partial charge on any atom is 0.128 e. The minimum atomic E-state index is 0. The lowest BCUT2D eigenvalue weighted by Gasteiger charge is -2.11. The van der Waals surface area contributed by atoms with E-state index in [1.807, 2.05) is 61.7 Å². The summed E-state index contributed by atoms with van der Waals surface area (Å²) in [5.74, 6) is 15.1. The third kappa shape index (κ3) is 64.1. The van der Waals surface area contributed by atoms with E-state index in [-0.39, 0.29) is 7.43 Å². The molecular weight excluding hydrogens is 1490 g/mol. The second-order valence-corrected chi connectivity index (χ2v) is 40.2. The maximum atomic E-state index is 4.61. The van der Waals surface area contributed by atoms with E-state index >= 15 is 0 Å². The molecule has 16 heteroatoms.